The Morgan fingerprint density at radius 2 is 1.31 bits per heavy atom. The molecule has 166 valence electrons. The summed E-state index contributed by atoms with van der Waals surface area (Å²) >= 11 is 11.8. The molecule has 0 spiro atoms. The predicted molar refractivity (Wildman–Crippen MR) is 123 cm³/mol. The Morgan fingerprint density at radius 3 is 1.78 bits per heavy atom. The molecule has 3 aromatic carbocycles. The van der Waals surface area contributed by atoms with Gasteiger partial charge in [0.05, 0.1) is 27.4 Å². The molecule has 3 rings (SSSR count). The highest BCUT2D eigenvalue weighted by Crippen LogP contribution is 2.28. The molecule has 0 aliphatic carbocycles. The Morgan fingerprint density at radius 1 is 0.844 bits per heavy atom. The second-order valence-corrected chi connectivity index (χ2v) is 9.16. The number of amides is 1. The second kappa shape index (κ2) is 9.47. The van der Waals surface area contributed by atoms with Crippen molar-refractivity contribution in [2.75, 3.05) is 16.3 Å². The third-order valence-corrected chi connectivity index (χ3v) is 5.37. The fourth-order valence-electron chi connectivity index (χ4n) is 2.66. The number of hydrogen-bond acceptors (Lipinski definition) is 5. The zero-order valence-electron chi connectivity index (χ0n) is 16.4. The number of rotatable bonds is 7. The summed E-state index contributed by atoms with van der Waals surface area (Å²) < 4.78 is 30.5. The topological polar surface area (TPSA) is 122 Å². The van der Waals surface area contributed by atoms with Crippen LogP contribution in [0.1, 0.15) is 20.7 Å². The number of nitrogens with one attached hydrogen (secondary N) is 2. The lowest BCUT2D eigenvalue weighted by atomic mass is 10.1. The molecule has 0 fully saturated rings. The number of anilines is 2. The molecule has 3 N–H and O–H groups in total. The van der Waals surface area contributed by atoms with Crippen LogP contribution < -0.4 is 14.8 Å². The van der Waals surface area contributed by atoms with E-state index in [-0.39, 0.29) is 21.2 Å². The van der Waals surface area contributed by atoms with Crippen molar-refractivity contribution in [2.24, 2.45) is 0 Å². The van der Waals surface area contributed by atoms with Crippen molar-refractivity contribution in [3.05, 3.63) is 81.8 Å². The zero-order chi connectivity index (χ0) is 23.5. The van der Waals surface area contributed by atoms with Crippen molar-refractivity contribution in [3.8, 4) is 11.5 Å². The molecule has 0 heterocycles. The van der Waals surface area contributed by atoms with Crippen molar-refractivity contribution in [1.82, 2.24) is 0 Å². The highest BCUT2D eigenvalue weighted by Gasteiger charge is 2.19. The smallest absolute Gasteiger partial charge is 0.336 e. The van der Waals surface area contributed by atoms with Crippen LogP contribution in [-0.4, -0.2) is 31.7 Å². The SMILES string of the molecule is CS(=O)(=O)Nc1ccc(Oc2ccc(NC(=O)c3cc(Cl)c(Cl)cc3C(=O)O)cc2)cc1. The minimum atomic E-state index is -3.37. The molecular formula is C21H16Cl2N2O6S. The molecule has 0 aliphatic rings. The second-order valence-electron chi connectivity index (χ2n) is 6.60. The number of carboxylic acid groups (broad SMARTS) is 1. The minimum Gasteiger partial charge on any atom is -0.478 e. The summed E-state index contributed by atoms with van der Waals surface area (Å²) in [5.41, 5.74) is 0.402. The monoisotopic (exact) mass is 494 g/mol. The van der Waals surface area contributed by atoms with Crippen molar-refractivity contribution in [1.29, 1.82) is 0 Å². The summed E-state index contributed by atoms with van der Waals surface area (Å²) in [4.78, 5) is 24.0. The maximum absolute atomic E-state index is 12.6. The van der Waals surface area contributed by atoms with Gasteiger partial charge < -0.3 is 15.2 Å². The van der Waals surface area contributed by atoms with Gasteiger partial charge in [0.2, 0.25) is 10.0 Å². The quantitative estimate of drug-likeness (QED) is 0.419. The van der Waals surface area contributed by atoms with E-state index in [9.17, 15) is 23.1 Å². The normalized spacial score (nSPS) is 11.0. The lowest BCUT2D eigenvalue weighted by Crippen LogP contribution is -2.16. The van der Waals surface area contributed by atoms with Gasteiger partial charge in [-0.05, 0) is 60.7 Å². The average molecular weight is 495 g/mol. The van der Waals surface area contributed by atoms with E-state index in [2.05, 4.69) is 10.0 Å². The molecule has 0 aliphatic heterocycles. The van der Waals surface area contributed by atoms with Crippen molar-refractivity contribution < 1.29 is 27.9 Å². The first-order valence-electron chi connectivity index (χ1n) is 8.91. The van der Waals surface area contributed by atoms with Crippen LogP contribution in [0.4, 0.5) is 11.4 Å². The number of benzene rings is 3. The van der Waals surface area contributed by atoms with Crippen LogP contribution in [0.15, 0.2) is 60.7 Å². The minimum absolute atomic E-state index is 0.0299. The van der Waals surface area contributed by atoms with Gasteiger partial charge in [-0.3, -0.25) is 9.52 Å². The molecule has 11 heteroatoms. The van der Waals surface area contributed by atoms with Gasteiger partial charge in [-0.1, -0.05) is 23.2 Å². The third kappa shape index (κ3) is 6.13. The fourth-order valence-corrected chi connectivity index (χ4v) is 3.55. The number of sulfonamides is 1. The Kier molecular flexibility index (Phi) is 6.93. The van der Waals surface area contributed by atoms with Gasteiger partial charge in [0, 0.05) is 11.4 Å². The van der Waals surface area contributed by atoms with Crippen LogP contribution in [0.3, 0.4) is 0 Å². The highest BCUT2D eigenvalue weighted by molar-refractivity contribution is 7.92. The zero-order valence-corrected chi connectivity index (χ0v) is 18.8. The van der Waals surface area contributed by atoms with E-state index in [4.69, 9.17) is 27.9 Å². The lowest BCUT2D eigenvalue weighted by Gasteiger charge is -2.11. The molecule has 0 radical (unpaired) electrons. The summed E-state index contributed by atoms with van der Waals surface area (Å²) in [6.45, 7) is 0. The highest BCUT2D eigenvalue weighted by atomic mass is 35.5. The van der Waals surface area contributed by atoms with E-state index in [0.717, 1.165) is 12.3 Å². The molecule has 32 heavy (non-hydrogen) atoms. The summed E-state index contributed by atoms with van der Waals surface area (Å²) in [7, 11) is -3.37. The van der Waals surface area contributed by atoms with E-state index in [1.54, 1.807) is 48.5 Å². The van der Waals surface area contributed by atoms with Crippen molar-refractivity contribution in [3.63, 3.8) is 0 Å². The number of halogens is 2. The lowest BCUT2D eigenvalue weighted by molar-refractivity contribution is 0.0692. The molecule has 3 aromatic rings. The molecule has 0 bridgehead atoms. The molecule has 1 amide bonds. The van der Waals surface area contributed by atoms with Crippen LogP contribution in [0, 0.1) is 0 Å². The number of ether oxygens (including phenoxy) is 1. The van der Waals surface area contributed by atoms with Crippen molar-refractivity contribution >= 4 is 56.5 Å². The number of carbonyl (C=O) groups is 2. The van der Waals surface area contributed by atoms with Gasteiger partial charge in [-0.25, -0.2) is 13.2 Å². The summed E-state index contributed by atoms with van der Waals surface area (Å²) in [6.07, 6.45) is 1.06. The number of carbonyl (C=O) groups excluding carboxylic acids is 1. The predicted octanol–water partition coefficient (Wildman–Crippen LogP) is 5.11. The summed E-state index contributed by atoms with van der Waals surface area (Å²) in [5.74, 6) is -1.03. The van der Waals surface area contributed by atoms with E-state index in [0.29, 0.717) is 22.9 Å². The first-order chi connectivity index (χ1) is 15.0. The molecule has 0 unspecified atom stereocenters. The largest absolute Gasteiger partial charge is 0.478 e. The van der Waals surface area contributed by atoms with E-state index in [1.165, 1.54) is 6.07 Å². The molecule has 0 saturated carbocycles. The van der Waals surface area contributed by atoms with Crippen LogP contribution in [0.25, 0.3) is 0 Å². The molecular weight excluding hydrogens is 479 g/mol. The number of aromatic carboxylic acids is 1. The Balaban J connectivity index is 1.69. The van der Waals surface area contributed by atoms with Gasteiger partial charge in [-0.2, -0.15) is 0 Å². The molecule has 0 aromatic heterocycles. The van der Waals surface area contributed by atoms with Gasteiger partial charge in [0.1, 0.15) is 11.5 Å². The number of carboxylic acids is 1. The summed E-state index contributed by atoms with van der Waals surface area (Å²) in [5, 5.41) is 12.0. The van der Waals surface area contributed by atoms with Gasteiger partial charge in [-0.15, -0.1) is 0 Å². The number of hydrogen-bond donors (Lipinski definition) is 3. The fraction of sp³-hybridized carbons (Fsp3) is 0.0476. The Bertz CT molecular complexity index is 1280. The van der Waals surface area contributed by atoms with E-state index in [1.807, 2.05) is 0 Å². The van der Waals surface area contributed by atoms with E-state index >= 15 is 0 Å². The average Bonchev–Trinajstić information content (AvgIpc) is 2.71. The van der Waals surface area contributed by atoms with Crippen LogP contribution in [-0.2, 0) is 10.0 Å². The van der Waals surface area contributed by atoms with E-state index < -0.39 is 21.9 Å². The van der Waals surface area contributed by atoms with Gasteiger partial charge in [0.15, 0.2) is 0 Å². The Labute approximate surface area is 193 Å². The molecule has 8 nitrogen and oxygen atoms in total. The Hall–Kier alpha value is -3.27. The van der Waals surface area contributed by atoms with Crippen molar-refractivity contribution in [2.45, 2.75) is 0 Å². The third-order valence-electron chi connectivity index (χ3n) is 4.04. The maximum Gasteiger partial charge on any atom is 0.336 e. The molecule has 0 atom stereocenters. The van der Waals surface area contributed by atoms with Gasteiger partial charge >= 0.3 is 5.97 Å². The molecule has 0 saturated heterocycles. The first-order valence-corrected chi connectivity index (χ1v) is 11.6. The van der Waals surface area contributed by atoms with Gasteiger partial charge in [0.25, 0.3) is 5.91 Å². The maximum atomic E-state index is 12.6. The standard InChI is InChI=1S/C21H16Cl2N2O6S/c1-32(29,30)25-13-4-8-15(9-5-13)31-14-6-2-12(3-7-14)24-20(26)16-10-18(22)19(23)11-17(16)21(27)28/h2-11,25H,1H3,(H,24,26)(H,27,28). The summed E-state index contributed by atoms with van der Waals surface area (Å²) in [6, 6.07) is 15.0. The first kappa shape index (κ1) is 23.4. The van der Waals surface area contributed by atoms with Crippen LogP contribution in [0.2, 0.25) is 10.0 Å². The van der Waals surface area contributed by atoms with Crippen LogP contribution >= 0.6 is 23.2 Å². The van der Waals surface area contributed by atoms with Crippen LogP contribution in [0.5, 0.6) is 11.5 Å².